The maximum Gasteiger partial charge on any atom is 0.332 e. The van der Waals surface area contributed by atoms with Gasteiger partial charge in [-0.3, -0.25) is 18.7 Å². The monoisotopic (exact) mass is 526 g/mol. The molecule has 0 amide bonds. The van der Waals surface area contributed by atoms with Gasteiger partial charge in [0.25, 0.3) is 5.56 Å². The predicted octanol–water partition coefficient (Wildman–Crippen LogP) is 3.34. The number of carbonyl (C=O) groups excluding carboxylic acids is 1. The van der Waals surface area contributed by atoms with E-state index in [9.17, 15) is 14.4 Å². The molecule has 2 aromatic heterocycles. The van der Waals surface area contributed by atoms with Crippen molar-refractivity contribution in [2.75, 3.05) is 18.0 Å². The Morgan fingerprint density at radius 2 is 1.77 bits per heavy atom. The van der Waals surface area contributed by atoms with Crippen LogP contribution in [0.4, 0.5) is 5.95 Å². The Kier molecular flexibility index (Phi) is 7.34. The number of nitrogens with two attached hydrogens (primary N) is 1. The van der Waals surface area contributed by atoms with Gasteiger partial charge in [0, 0.05) is 38.3 Å². The highest BCUT2D eigenvalue weighted by Gasteiger charge is 2.27. The average Bonchev–Trinajstić information content (AvgIpc) is 3.33. The zero-order chi connectivity index (χ0) is 27.7. The van der Waals surface area contributed by atoms with E-state index >= 15 is 0 Å². The zero-order valence-electron chi connectivity index (χ0n) is 22.6. The van der Waals surface area contributed by atoms with Gasteiger partial charge in [-0.1, -0.05) is 66.2 Å². The average molecular weight is 527 g/mol. The Balaban J connectivity index is 1.63. The summed E-state index contributed by atoms with van der Waals surface area (Å²) in [5.74, 6) is 0.300. The van der Waals surface area contributed by atoms with E-state index in [1.165, 1.54) is 4.57 Å². The number of piperidine rings is 1. The molecule has 2 N–H and O–H groups in total. The molecule has 0 radical (unpaired) electrons. The molecule has 5 rings (SSSR count). The zero-order valence-corrected chi connectivity index (χ0v) is 22.6. The molecule has 1 saturated heterocycles. The number of aromatic nitrogens is 4. The van der Waals surface area contributed by atoms with Crippen LogP contribution in [-0.2, 0) is 20.1 Å². The molecule has 1 unspecified atom stereocenters. The van der Waals surface area contributed by atoms with Crippen molar-refractivity contribution in [3.8, 4) is 11.1 Å². The first-order valence-corrected chi connectivity index (χ1v) is 13.3. The van der Waals surface area contributed by atoms with Gasteiger partial charge in [-0.05, 0) is 37.8 Å². The van der Waals surface area contributed by atoms with Gasteiger partial charge in [0.15, 0.2) is 16.9 Å². The van der Waals surface area contributed by atoms with Gasteiger partial charge in [0.2, 0.25) is 5.95 Å². The third kappa shape index (κ3) is 5.09. The molecule has 1 atom stereocenters. The van der Waals surface area contributed by atoms with Crippen LogP contribution in [0.1, 0.15) is 37.0 Å². The van der Waals surface area contributed by atoms with Gasteiger partial charge in [-0.2, -0.15) is 4.98 Å². The minimum Gasteiger partial charge on any atom is -0.341 e. The summed E-state index contributed by atoms with van der Waals surface area (Å²) in [6, 6.07) is 16.9. The molecule has 1 fully saturated rings. The van der Waals surface area contributed by atoms with Crippen LogP contribution < -0.4 is 21.9 Å². The summed E-state index contributed by atoms with van der Waals surface area (Å²) in [7, 11) is 1.59. The number of imidazole rings is 1. The van der Waals surface area contributed by atoms with E-state index in [-0.39, 0.29) is 18.4 Å². The minimum absolute atomic E-state index is 0.0123. The number of allylic oxidation sites excluding steroid dienone is 2. The highest BCUT2D eigenvalue weighted by molar-refractivity contribution is 6.02. The number of anilines is 1. The second kappa shape index (κ2) is 10.9. The molecule has 1 aliphatic heterocycles. The van der Waals surface area contributed by atoms with Gasteiger partial charge in [0.05, 0.1) is 6.54 Å². The summed E-state index contributed by atoms with van der Waals surface area (Å²) in [4.78, 5) is 47.8. The topological polar surface area (TPSA) is 108 Å². The predicted molar refractivity (Wildman–Crippen MR) is 154 cm³/mol. The van der Waals surface area contributed by atoms with Crippen LogP contribution in [0, 0.1) is 0 Å². The minimum atomic E-state index is -0.577. The molecule has 4 aromatic rings. The SMILES string of the molecule is CC(C)=CCn1c(N2CCCC(N)C2)nc2c1c(=O)n(CC(=O)c1ccccc1-c1ccccc1)c(=O)n2C. The number of Topliss-reactive ketones (excluding diaryl/α,β-unsaturated/α-hetero) is 1. The molecule has 9 heteroatoms. The van der Waals surface area contributed by atoms with Crippen LogP contribution in [0.25, 0.3) is 22.3 Å². The Bertz CT molecular complexity index is 1670. The van der Waals surface area contributed by atoms with Crippen molar-refractivity contribution in [1.82, 2.24) is 18.7 Å². The van der Waals surface area contributed by atoms with E-state index in [1.807, 2.05) is 67.0 Å². The van der Waals surface area contributed by atoms with E-state index in [0.717, 1.165) is 40.7 Å². The molecule has 9 nitrogen and oxygen atoms in total. The smallest absolute Gasteiger partial charge is 0.332 e. The summed E-state index contributed by atoms with van der Waals surface area (Å²) < 4.78 is 4.24. The highest BCUT2D eigenvalue weighted by Crippen LogP contribution is 2.25. The van der Waals surface area contributed by atoms with Crippen molar-refractivity contribution in [1.29, 1.82) is 0 Å². The van der Waals surface area contributed by atoms with Crippen LogP contribution in [0.3, 0.4) is 0 Å². The highest BCUT2D eigenvalue weighted by atomic mass is 16.2. The van der Waals surface area contributed by atoms with Gasteiger partial charge in [-0.15, -0.1) is 0 Å². The maximum absolute atomic E-state index is 13.9. The van der Waals surface area contributed by atoms with Gasteiger partial charge in [0.1, 0.15) is 0 Å². The number of ketones is 1. The maximum atomic E-state index is 13.9. The Morgan fingerprint density at radius 3 is 2.49 bits per heavy atom. The molecule has 3 heterocycles. The Labute approximate surface area is 226 Å². The van der Waals surface area contributed by atoms with E-state index < -0.39 is 11.2 Å². The molecular formula is C30H34N6O3. The number of benzene rings is 2. The fourth-order valence-electron chi connectivity index (χ4n) is 5.20. The summed E-state index contributed by atoms with van der Waals surface area (Å²) in [6.45, 7) is 5.41. The van der Waals surface area contributed by atoms with Gasteiger partial charge < -0.3 is 15.2 Å². The third-order valence-corrected chi connectivity index (χ3v) is 7.25. The van der Waals surface area contributed by atoms with Crippen LogP contribution in [0.5, 0.6) is 0 Å². The standard InChI is InChI=1S/C30H34N6O3/c1-20(2)15-17-35-26-27(32-29(35)34-16-9-12-22(31)18-34)33(3)30(39)36(28(26)38)19-25(37)24-14-8-7-13-23(24)21-10-5-4-6-11-21/h4-8,10-11,13-15,22H,9,12,16-19,31H2,1-3H3. The molecule has 1 aliphatic rings. The largest absolute Gasteiger partial charge is 0.341 e. The summed E-state index contributed by atoms with van der Waals surface area (Å²) in [5, 5.41) is 0. The number of rotatable bonds is 7. The molecular weight excluding hydrogens is 492 g/mol. The first-order chi connectivity index (χ1) is 18.8. The Morgan fingerprint density at radius 1 is 1.05 bits per heavy atom. The quantitative estimate of drug-likeness (QED) is 0.292. The Hall–Kier alpha value is -4.24. The van der Waals surface area contributed by atoms with Crippen LogP contribution in [0.2, 0.25) is 0 Å². The van der Waals surface area contributed by atoms with Crippen LogP contribution >= 0.6 is 0 Å². The first-order valence-electron chi connectivity index (χ1n) is 13.3. The van der Waals surface area contributed by atoms with Crippen molar-refractivity contribution in [2.24, 2.45) is 12.8 Å². The van der Waals surface area contributed by atoms with Crippen molar-refractivity contribution in [2.45, 2.75) is 45.8 Å². The number of fused-ring (bicyclic) bond motifs is 1. The molecule has 202 valence electrons. The van der Waals surface area contributed by atoms with Gasteiger partial charge in [-0.25, -0.2) is 4.79 Å². The van der Waals surface area contributed by atoms with Crippen molar-refractivity contribution >= 4 is 22.9 Å². The lowest BCUT2D eigenvalue weighted by Crippen LogP contribution is -2.44. The number of carbonyl (C=O) groups is 1. The van der Waals surface area contributed by atoms with Gasteiger partial charge >= 0.3 is 5.69 Å². The third-order valence-electron chi connectivity index (χ3n) is 7.25. The lowest BCUT2D eigenvalue weighted by atomic mass is 9.97. The van der Waals surface area contributed by atoms with Crippen molar-refractivity contribution < 1.29 is 4.79 Å². The first kappa shape index (κ1) is 26.4. The van der Waals surface area contributed by atoms with Crippen LogP contribution in [0.15, 0.2) is 75.8 Å². The lowest BCUT2D eigenvalue weighted by molar-refractivity contribution is 0.0969. The van der Waals surface area contributed by atoms with Crippen molar-refractivity contribution in [3.05, 3.63) is 92.6 Å². The summed E-state index contributed by atoms with van der Waals surface area (Å²) in [6.07, 6.45) is 3.87. The summed E-state index contributed by atoms with van der Waals surface area (Å²) in [5.41, 5.74) is 8.94. The second-order valence-electron chi connectivity index (χ2n) is 10.4. The molecule has 0 bridgehead atoms. The number of hydrogen-bond acceptors (Lipinski definition) is 6. The molecule has 0 spiro atoms. The van der Waals surface area contributed by atoms with Crippen LogP contribution in [-0.4, -0.2) is 43.6 Å². The number of aryl methyl sites for hydroxylation is 1. The lowest BCUT2D eigenvalue weighted by Gasteiger charge is -2.31. The van der Waals surface area contributed by atoms with E-state index in [2.05, 4.69) is 4.90 Å². The van der Waals surface area contributed by atoms with E-state index in [4.69, 9.17) is 10.7 Å². The fraction of sp³-hybridized carbons (Fsp3) is 0.333. The van der Waals surface area contributed by atoms with E-state index in [1.54, 1.807) is 19.2 Å². The molecule has 39 heavy (non-hydrogen) atoms. The molecule has 2 aromatic carbocycles. The molecule has 0 aliphatic carbocycles. The van der Waals surface area contributed by atoms with E-state index in [0.29, 0.717) is 35.8 Å². The van der Waals surface area contributed by atoms with Crippen molar-refractivity contribution in [3.63, 3.8) is 0 Å². The number of nitrogens with zero attached hydrogens (tertiary/aromatic N) is 5. The fourth-order valence-corrected chi connectivity index (χ4v) is 5.20. The molecule has 0 saturated carbocycles. The normalized spacial score (nSPS) is 15.5. The summed E-state index contributed by atoms with van der Waals surface area (Å²) >= 11 is 0. The second-order valence-corrected chi connectivity index (χ2v) is 10.4. The number of hydrogen-bond donors (Lipinski definition) is 1.